The number of hydrogen-bond acceptors (Lipinski definition) is 7. The number of anilines is 2. The second kappa shape index (κ2) is 4.57. The van der Waals surface area contributed by atoms with Crippen LogP contribution in [0, 0.1) is 11.3 Å². The second-order valence-corrected chi connectivity index (χ2v) is 5.23. The van der Waals surface area contributed by atoms with Crippen molar-refractivity contribution < 1.29 is 15.0 Å². The van der Waals surface area contributed by atoms with Gasteiger partial charge in [0.2, 0.25) is 0 Å². The Bertz CT molecular complexity index is 524. The molecule has 0 spiro atoms. The van der Waals surface area contributed by atoms with E-state index in [9.17, 15) is 15.0 Å². The number of rotatable bonds is 2. The first-order valence-corrected chi connectivity index (χ1v) is 6.21. The highest BCUT2D eigenvalue weighted by molar-refractivity contribution is 7.19. The van der Waals surface area contributed by atoms with Crippen LogP contribution in [0.1, 0.15) is 22.2 Å². The van der Waals surface area contributed by atoms with Crippen LogP contribution >= 0.6 is 11.3 Å². The summed E-state index contributed by atoms with van der Waals surface area (Å²) in [6.07, 6.45) is -1.69. The number of β-amino-alcohol motifs (C(OH)–C–C–N with tert-alkyl or cyclic N) is 2. The topological polar surface area (TPSA) is 111 Å². The maximum atomic E-state index is 11.4. The van der Waals surface area contributed by atoms with E-state index in [-0.39, 0.29) is 30.1 Å². The lowest BCUT2D eigenvalue weighted by atomic mass is 10.2. The molecule has 0 bridgehead atoms. The van der Waals surface area contributed by atoms with E-state index in [2.05, 4.69) is 0 Å². The van der Waals surface area contributed by atoms with E-state index in [1.165, 1.54) is 6.92 Å². The monoisotopic (exact) mass is 267 g/mol. The molecule has 1 aromatic heterocycles. The number of carbonyl (C=O) groups excluding carboxylic acids is 1. The average molecular weight is 267 g/mol. The first-order chi connectivity index (χ1) is 8.45. The van der Waals surface area contributed by atoms with Crippen molar-refractivity contribution in [3.8, 4) is 6.07 Å². The van der Waals surface area contributed by atoms with Crippen molar-refractivity contribution in [1.82, 2.24) is 0 Å². The van der Waals surface area contributed by atoms with E-state index in [1.807, 2.05) is 6.07 Å². The average Bonchev–Trinajstić information content (AvgIpc) is 2.80. The van der Waals surface area contributed by atoms with Gasteiger partial charge >= 0.3 is 0 Å². The van der Waals surface area contributed by atoms with Gasteiger partial charge in [-0.25, -0.2) is 0 Å². The molecule has 1 saturated heterocycles. The zero-order valence-corrected chi connectivity index (χ0v) is 10.6. The Morgan fingerprint density at radius 2 is 2.06 bits per heavy atom. The zero-order valence-electron chi connectivity index (χ0n) is 9.75. The molecule has 1 aliphatic heterocycles. The molecule has 7 heteroatoms. The Hall–Kier alpha value is -1.62. The molecule has 1 aliphatic rings. The predicted molar refractivity (Wildman–Crippen MR) is 67.7 cm³/mol. The zero-order chi connectivity index (χ0) is 13.4. The summed E-state index contributed by atoms with van der Waals surface area (Å²) in [6, 6.07) is 1.97. The number of nitrogens with two attached hydrogens (primary N) is 1. The van der Waals surface area contributed by atoms with Crippen LogP contribution in [-0.4, -0.2) is 41.3 Å². The van der Waals surface area contributed by atoms with E-state index in [0.29, 0.717) is 9.88 Å². The number of aliphatic hydroxyl groups is 2. The summed E-state index contributed by atoms with van der Waals surface area (Å²) in [5.41, 5.74) is 6.19. The third kappa shape index (κ3) is 1.95. The van der Waals surface area contributed by atoms with Crippen molar-refractivity contribution in [1.29, 1.82) is 5.26 Å². The van der Waals surface area contributed by atoms with Crippen LogP contribution in [0.3, 0.4) is 0 Å². The predicted octanol–water partition coefficient (Wildman–Crippen LogP) is -0.0536. The van der Waals surface area contributed by atoms with Crippen LogP contribution in [0.2, 0.25) is 0 Å². The van der Waals surface area contributed by atoms with Gasteiger partial charge in [-0.1, -0.05) is 0 Å². The summed E-state index contributed by atoms with van der Waals surface area (Å²) in [5, 5.41) is 28.7. The minimum atomic E-state index is -0.847. The number of hydrogen-bond donors (Lipinski definition) is 3. The fraction of sp³-hybridized carbons (Fsp3) is 0.455. The Labute approximate surface area is 108 Å². The van der Waals surface area contributed by atoms with Gasteiger partial charge in [-0.3, -0.25) is 4.79 Å². The van der Waals surface area contributed by atoms with E-state index in [1.54, 1.807) is 4.90 Å². The van der Waals surface area contributed by atoms with Crippen LogP contribution in [0.5, 0.6) is 0 Å². The van der Waals surface area contributed by atoms with E-state index in [0.717, 1.165) is 11.3 Å². The molecular formula is C11H13N3O3S. The lowest BCUT2D eigenvalue weighted by Gasteiger charge is -2.15. The Morgan fingerprint density at radius 3 is 2.50 bits per heavy atom. The number of aliphatic hydroxyl groups excluding tert-OH is 2. The quantitative estimate of drug-likeness (QED) is 0.648. The number of Topliss-reactive ketones (excluding diaryl/α,β-unsaturated/α-hetero) is 1. The van der Waals surface area contributed by atoms with Crippen molar-refractivity contribution in [2.75, 3.05) is 23.7 Å². The highest BCUT2D eigenvalue weighted by atomic mass is 32.1. The number of carbonyl (C=O) groups is 1. The maximum absolute atomic E-state index is 11.4. The van der Waals surface area contributed by atoms with Gasteiger partial charge < -0.3 is 20.8 Å². The molecule has 2 rings (SSSR count). The summed E-state index contributed by atoms with van der Waals surface area (Å²) in [7, 11) is 0. The maximum Gasteiger partial charge on any atom is 0.171 e. The SMILES string of the molecule is CC(=O)c1sc(N2CC(O)C(O)C2)c(C#N)c1N. The molecule has 2 atom stereocenters. The van der Waals surface area contributed by atoms with E-state index < -0.39 is 12.2 Å². The molecule has 96 valence electrons. The number of nitrogens with zero attached hydrogens (tertiary/aromatic N) is 2. The minimum absolute atomic E-state index is 0.181. The number of nitrogen functional groups attached to an aromatic ring is 1. The van der Waals surface area contributed by atoms with Gasteiger partial charge in [0.05, 0.1) is 22.8 Å². The Morgan fingerprint density at radius 1 is 1.50 bits per heavy atom. The van der Waals surface area contributed by atoms with Gasteiger partial charge in [-0.2, -0.15) is 5.26 Å². The van der Waals surface area contributed by atoms with Gasteiger partial charge in [-0.15, -0.1) is 11.3 Å². The molecule has 0 saturated carbocycles. The van der Waals surface area contributed by atoms with Gasteiger partial charge in [0.15, 0.2) is 5.78 Å². The van der Waals surface area contributed by atoms with Gasteiger partial charge in [0.1, 0.15) is 16.6 Å². The Kier molecular flexibility index (Phi) is 3.26. The highest BCUT2D eigenvalue weighted by Crippen LogP contribution is 2.39. The van der Waals surface area contributed by atoms with E-state index in [4.69, 9.17) is 11.0 Å². The molecule has 0 aliphatic carbocycles. The van der Waals surface area contributed by atoms with Crippen LogP contribution in [0.25, 0.3) is 0 Å². The van der Waals surface area contributed by atoms with Crippen molar-refractivity contribution in [2.45, 2.75) is 19.1 Å². The molecule has 1 fully saturated rings. The molecule has 0 aromatic carbocycles. The number of nitriles is 1. The van der Waals surface area contributed by atoms with Gasteiger partial charge in [-0.05, 0) is 0 Å². The third-order valence-electron chi connectivity index (χ3n) is 2.90. The smallest absolute Gasteiger partial charge is 0.171 e. The largest absolute Gasteiger partial charge is 0.396 e. The fourth-order valence-electron chi connectivity index (χ4n) is 1.96. The van der Waals surface area contributed by atoms with Crippen LogP contribution in [0.15, 0.2) is 0 Å². The summed E-state index contributed by atoms with van der Waals surface area (Å²) < 4.78 is 0. The molecule has 2 unspecified atom stereocenters. The van der Waals surface area contributed by atoms with E-state index >= 15 is 0 Å². The molecule has 4 N–H and O–H groups in total. The standard InChI is InChI=1S/C11H13N3O3S/c1-5(15)10-9(13)6(2-12)11(18-10)14-3-7(16)8(17)4-14/h7-8,16-17H,3-4,13H2,1H3. The lowest BCUT2D eigenvalue weighted by molar-refractivity contribution is 0.0572. The number of ketones is 1. The summed E-state index contributed by atoms with van der Waals surface area (Å²) in [6.45, 7) is 1.85. The van der Waals surface area contributed by atoms with Crippen molar-refractivity contribution in [3.63, 3.8) is 0 Å². The first kappa shape index (κ1) is 12.8. The van der Waals surface area contributed by atoms with Crippen molar-refractivity contribution in [2.24, 2.45) is 0 Å². The lowest BCUT2D eigenvalue weighted by Crippen LogP contribution is -2.22. The van der Waals surface area contributed by atoms with Crippen molar-refractivity contribution in [3.05, 3.63) is 10.4 Å². The van der Waals surface area contributed by atoms with Crippen molar-refractivity contribution >= 4 is 27.8 Å². The molecule has 2 heterocycles. The Balaban J connectivity index is 2.43. The molecular weight excluding hydrogens is 254 g/mol. The molecule has 1 aromatic rings. The summed E-state index contributed by atoms with van der Waals surface area (Å²) in [5.74, 6) is -0.194. The van der Waals surface area contributed by atoms with Crippen LogP contribution in [-0.2, 0) is 0 Å². The highest BCUT2D eigenvalue weighted by Gasteiger charge is 2.33. The molecule has 6 nitrogen and oxygen atoms in total. The molecule has 0 radical (unpaired) electrons. The third-order valence-corrected chi connectivity index (χ3v) is 4.27. The van der Waals surface area contributed by atoms with Gasteiger partial charge in [0, 0.05) is 20.0 Å². The molecule has 18 heavy (non-hydrogen) atoms. The van der Waals surface area contributed by atoms with Gasteiger partial charge in [0.25, 0.3) is 0 Å². The normalized spacial score (nSPS) is 23.1. The molecule has 0 amide bonds. The minimum Gasteiger partial charge on any atom is -0.396 e. The first-order valence-electron chi connectivity index (χ1n) is 5.40. The van der Waals surface area contributed by atoms with Crippen LogP contribution < -0.4 is 10.6 Å². The summed E-state index contributed by atoms with van der Waals surface area (Å²) in [4.78, 5) is 13.4. The van der Waals surface area contributed by atoms with Crippen LogP contribution in [0.4, 0.5) is 10.7 Å². The second-order valence-electron chi connectivity index (χ2n) is 4.23. The fourth-order valence-corrected chi connectivity index (χ4v) is 3.04. The summed E-state index contributed by atoms with van der Waals surface area (Å²) >= 11 is 1.13. The number of thiophene rings is 1.